The molecule has 0 saturated carbocycles. The molecule has 1 unspecified atom stereocenters. The number of likely N-dealkylation sites (tertiary alicyclic amines) is 1. The van der Waals surface area contributed by atoms with Crippen LogP contribution in [-0.4, -0.2) is 61.8 Å². The molecule has 0 aromatic carbocycles. The summed E-state index contributed by atoms with van der Waals surface area (Å²) >= 11 is 0. The largest absolute Gasteiger partial charge is 0.341 e. The number of hydrogen-bond donors (Lipinski definition) is 1. The molecule has 1 atom stereocenters. The maximum Gasteiger partial charge on any atom is 0.236 e. The van der Waals surface area contributed by atoms with Gasteiger partial charge < -0.3 is 19.4 Å². The first-order chi connectivity index (χ1) is 11.6. The molecule has 1 aliphatic heterocycles. The van der Waals surface area contributed by atoms with Crippen LogP contribution in [0.3, 0.4) is 0 Å². The van der Waals surface area contributed by atoms with Gasteiger partial charge in [-0.1, -0.05) is 0 Å². The quantitative estimate of drug-likeness (QED) is 0.852. The minimum atomic E-state index is 0.152. The van der Waals surface area contributed by atoms with Crippen molar-refractivity contribution in [2.75, 3.05) is 26.7 Å². The molecule has 130 valence electrons. The van der Waals surface area contributed by atoms with Crippen LogP contribution in [0.4, 0.5) is 0 Å². The second-order valence-corrected chi connectivity index (χ2v) is 6.35. The molecule has 0 spiro atoms. The molecule has 1 aliphatic rings. The number of hydrogen-bond acceptors (Lipinski definition) is 5. The van der Waals surface area contributed by atoms with E-state index in [1.165, 1.54) is 0 Å². The number of aryl methyl sites for hydroxylation is 1. The third-order valence-electron chi connectivity index (χ3n) is 4.70. The lowest BCUT2D eigenvalue weighted by Crippen LogP contribution is -2.43. The Labute approximate surface area is 141 Å². The van der Waals surface area contributed by atoms with Gasteiger partial charge in [0.15, 0.2) is 5.82 Å². The van der Waals surface area contributed by atoms with Crippen molar-refractivity contribution in [3.05, 3.63) is 29.9 Å². The van der Waals surface area contributed by atoms with Gasteiger partial charge in [-0.3, -0.25) is 4.79 Å². The third-order valence-corrected chi connectivity index (χ3v) is 4.70. The topological polar surface area (TPSA) is 80.9 Å². The number of piperidine rings is 1. The van der Waals surface area contributed by atoms with Gasteiger partial charge in [0, 0.05) is 38.4 Å². The van der Waals surface area contributed by atoms with Gasteiger partial charge in [-0.05, 0) is 26.8 Å². The van der Waals surface area contributed by atoms with Gasteiger partial charge in [-0.25, -0.2) is 4.98 Å². The van der Waals surface area contributed by atoms with Crippen LogP contribution in [0.1, 0.15) is 36.2 Å². The van der Waals surface area contributed by atoms with Crippen LogP contribution in [0.2, 0.25) is 0 Å². The van der Waals surface area contributed by atoms with Gasteiger partial charge in [-0.2, -0.15) is 0 Å². The molecular formula is C16H25N7O. The predicted molar refractivity (Wildman–Crippen MR) is 89.6 cm³/mol. The van der Waals surface area contributed by atoms with Crippen molar-refractivity contribution >= 4 is 5.91 Å². The zero-order chi connectivity index (χ0) is 17.1. The first-order valence-corrected chi connectivity index (χ1v) is 8.38. The molecule has 0 radical (unpaired) electrons. The van der Waals surface area contributed by atoms with E-state index in [1.54, 1.807) is 13.2 Å². The summed E-state index contributed by atoms with van der Waals surface area (Å²) in [5.41, 5.74) is 0. The first-order valence-electron chi connectivity index (χ1n) is 8.38. The van der Waals surface area contributed by atoms with E-state index in [0.29, 0.717) is 13.1 Å². The molecule has 3 rings (SSSR count). The summed E-state index contributed by atoms with van der Waals surface area (Å²) in [5, 5.41) is 11.7. The lowest BCUT2D eigenvalue weighted by Gasteiger charge is -2.32. The highest BCUT2D eigenvalue weighted by Gasteiger charge is 2.28. The van der Waals surface area contributed by atoms with Crippen molar-refractivity contribution in [2.45, 2.75) is 32.2 Å². The first kappa shape index (κ1) is 16.6. The van der Waals surface area contributed by atoms with E-state index >= 15 is 0 Å². The van der Waals surface area contributed by atoms with Gasteiger partial charge in [-0.15, -0.1) is 10.2 Å². The molecule has 1 fully saturated rings. The Morgan fingerprint density at radius 1 is 1.42 bits per heavy atom. The molecule has 1 saturated heterocycles. The van der Waals surface area contributed by atoms with E-state index < -0.39 is 0 Å². The molecular weight excluding hydrogens is 306 g/mol. The summed E-state index contributed by atoms with van der Waals surface area (Å²) in [6.07, 6.45) is 5.78. The number of amides is 1. The zero-order valence-electron chi connectivity index (χ0n) is 14.6. The van der Waals surface area contributed by atoms with Crippen molar-refractivity contribution < 1.29 is 4.79 Å². The SMILES string of the molecule is CNCC(=O)N1CCCC(c2nnc(Cn3ccnc3C)n2C)C1. The van der Waals surface area contributed by atoms with Crippen LogP contribution in [0.5, 0.6) is 0 Å². The lowest BCUT2D eigenvalue weighted by atomic mass is 9.97. The molecule has 2 aromatic rings. The Morgan fingerprint density at radius 2 is 2.25 bits per heavy atom. The van der Waals surface area contributed by atoms with Crippen molar-refractivity contribution in [1.82, 2.24) is 34.5 Å². The number of likely N-dealkylation sites (N-methyl/N-ethyl adjacent to an activating group) is 1. The molecule has 3 heterocycles. The number of aromatic nitrogens is 5. The highest BCUT2D eigenvalue weighted by molar-refractivity contribution is 5.78. The number of nitrogens with zero attached hydrogens (tertiary/aromatic N) is 6. The minimum Gasteiger partial charge on any atom is -0.341 e. The highest BCUT2D eigenvalue weighted by atomic mass is 16.2. The summed E-state index contributed by atoms with van der Waals surface area (Å²) in [4.78, 5) is 18.3. The molecule has 0 aliphatic carbocycles. The van der Waals surface area contributed by atoms with E-state index in [2.05, 4.69) is 29.6 Å². The normalized spacial score (nSPS) is 18.1. The van der Waals surface area contributed by atoms with E-state index in [4.69, 9.17) is 0 Å². The van der Waals surface area contributed by atoms with Crippen LogP contribution >= 0.6 is 0 Å². The summed E-state index contributed by atoms with van der Waals surface area (Å²) < 4.78 is 4.12. The predicted octanol–water partition coefficient (Wildman–Crippen LogP) is 0.294. The van der Waals surface area contributed by atoms with Crippen LogP contribution in [-0.2, 0) is 18.4 Å². The molecule has 8 heteroatoms. The number of carbonyl (C=O) groups is 1. The van der Waals surface area contributed by atoms with E-state index in [1.807, 2.05) is 25.1 Å². The monoisotopic (exact) mass is 331 g/mol. The average Bonchev–Trinajstić information content (AvgIpc) is 3.15. The van der Waals surface area contributed by atoms with E-state index in [9.17, 15) is 4.79 Å². The van der Waals surface area contributed by atoms with Gasteiger partial charge in [0.05, 0.1) is 13.1 Å². The van der Waals surface area contributed by atoms with Gasteiger partial charge >= 0.3 is 0 Å². The summed E-state index contributed by atoms with van der Waals surface area (Å²) in [5.74, 6) is 3.23. The Hall–Kier alpha value is -2.22. The molecule has 1 amide bonds. The van der Waals surface area contributed by atoms with Gasteiger partial charge in [0.2, 0.25) is 5.91 Å². The summed E-state index contributed by atoms with van der Waals surface area (Å²) in [6, 6.07) is 0. The molecule has 2 aromatic heterocycles. The fraction of sp³-hybridized carbons (Fsp3) is 0.625. The van der Waals surface area contributed by atoms with Crippen LogP contribution in [0.15, 0.2) is 12.4 Å². The second-order valence-electron chi connectivity index (χ2n) is 6.35. The number of nitrogens with one attached hydrogen (secondary N) is 1. The number of imidazole rings is 1. The van der Waals surface area contributed by atoms with Crippen molar-refractivity contribution in [1.29, 1.82) is 0 Å². The number of carbonyl (C=O) groups excluding carboxylic acids is 1. The van der Waals surface area contributed by atoms with Crippen molar-refractivity contribution in [2.24, 2.45) is 7.05 Å². The molecule has 24 heavy (non-hydrogen) atoms. The Bertz CT molecular complexity index is 705. The maximum absolute atomic E-state index is 12.1. The standard InChI is InChI=1S/C16H25N7O/c1-12-18-6-8-22(12)11-14-19-20-16(21(14)3)13-5-4-7-23(10-13)15(24)9-17-2/h6,8,13,17H,4-5,7,9-11H2,1-3H3. The van der Waals surface area contributed by atoms with Crippen molar-refractivity contribution in [3.8, 4) is 0 Å². The molecule has 1 N–H and O–H groups in total. The highest BCUT2D eigenvalue weighted by Crippen LogP contribution is 2.25. The lowest BCUT2D eigenvalue weighted by molar-refractivity contribution is -0.131. The third kappa shape index (κ3) is 3.33. The maximum atomic E-state index is 12.1. The molecule has 8 nitrogen and oxygen atoms in total. The van der Waals surface area contributed by atoms with Crippen LogP contribution in [0.25, 0.3) is 0 Å². The van der Waals surface area contributed by atoms with Crippen LogP contribution in [0, 0.1) is 6.92 Å². The fourth-order valence-corrected chi connectivity index (χ4v) is 3.27. The van der Waals surface area contributed by atoms with Gasteiger partial charge in [0.1, 0.15) is 11.6 Å². The average molecular weight is 331 g/mol. The Kier molecular flexibility index (Phi) is 4.94. The number of rotatable bonds is 5. The molecule has 0 bridgehead atoms. The van der Waals surface area contributed by atoms with E-state index in [0.717, 1.165) is 43.4 Å². The Balaban J connectivity index is 1.73. The smallest absolute Gasteiger partial charge is 0.236 e. The van der Waals surface area contributed by atoms with Gasteiger partial charge in [0.25, 0.3) is 0 Å². The summed E-state index contributed by atoms with van der Waals surface area (Å²) in [6.45, 7) is 4.57. The van der Waals surface area contributed by atoms with Crippen LogP contribution < -0.4 is 5.32 Å². The van der Waals surface area contributed by atoms with Crippen molar-refractivity contribution in [3.63, 3.8) is 0 Å². The van der Waals surface area contributed by atoms with E-state index in [-0.39, 0.29) is 11.8 Å². The zero-order valence-corrected chi connectivity index (χ0v) is 14.6. The summed E-state index contributed by atoms with van der Waals surface area (Å²) in [7, 11) is 3.80. The second kappa shape index (κ2) is 7.12. The minimum absolute atomic E-state index is 0.152. The Morgan fingerprint density at radius 3 is 2.96 bits per heavy atom. The fourth-order valence-electron chi connectivity index (χ4n) is 3.27.